The molecule has 1 amide bonds. The zero-order chi connectivity index (χ0) is 25.9. The minimum absolute atomic E-state index is 0.122. The van der Waals surface area contributed by atoms with Crippen molar-refractivity contribution in [3.8, 4) is 0 Å². The second kappa shape index (κ2) is 8.93. The number of H-pyrrole nitrogens is 1. The molecule has 4 aromatic rings. The first-order valence-electron chi connectivity index (χ1n) is 13.5. The monoisotopic (exact) mass is 504 g/mol. The fourth-order valence-corrected chi connectivity index (χ4v) is 6.60. The molecule has 0 bridgehead atoms. The number of nitrogens with one attached hydrogen (secondary N) is 2. The average Bonchev–Trinajstić information content (AvgIpc) is 3.43. The van der Waals surface area contributed by atoms with Gasteiger partial charge in [0, 0.05) is 36.6 Å². The number of rotatable bonds is 5. The Morgan fingerprint density at radius 2 is 1.87 bits per heavy atom. The zero-order valence-electron chi connectivity index (χ0n) is 21.8. The third-order valence-corrected chi connectivity index (χ3v) is 8.33. The van der Waals surface area contributed by atoms with Gasteiger partial charge in [0.25, 0.3) is 0 Å². The molecule has 0 radical (unpaired) electrons. The number of fused-ring (bicyclic) bond motifs is 3. The Labute approximate surface area is 222 Å². The molecule has 6 heteroatoms. The Bertz CT molecular complexity index is 1560. The van der Waals surface area contributed by atoms with Gasteiger partial charge in [-0.3, -0.25) is 14.8 Å². The van der Waals surface area contributed by atoms with Gasteiger partial charge in [-0.25, -0.2) is 0 Å². The minimum Gasteiger partial charge on any atom is -0.373 e. The first-order valence-corrected chi connectivity index (χ1v) is 13.5. The van der Waals surface area contributed by atoms with Gasteiger partial charge in [-0.05, 0) is 60.7 Å². The van der Waals surface area contributed by atoms with Crippen LogP contribution in [0.4, 0.5) is 5.69 Å². The average molecular weight is 505 g/mol. The smallest absolute Gasteiger partial charge is 0.235 e. The number of morpholine rings is 1. The number of hydrogen-bond acceptors (Lipinski definition) is 4. The fourth-order valence-electron chi connectivity index (χ4n) is 6.60. The largest absolute Gasteiger partial charge is 0.373 e. The van der Waals surface area contributed by atoms with Gasteiger partial charge in [-0.1, -0.05) is 60.7 Å². The SMILES string of the molecule is CC1CN(Cc2cccc(/C=C/c3n[nH]c4cc(C5CC56C(=O)Nc5ccccc56)ccc34)c2)CC(C)O1. The number of carbonyl (C=O) groups excluding carboxylic acids is 1. The third-order valence-electron chi connectivity index (χ3n) is 8.33. The van der Waals surface area contributed by atoms with Crippen LogP contribution >= 0.6 is 0 Å². The minimum atomic E-state index is -0.421. The summed E-state index contributed by atoms with van der Waals surface area (Å²) in [6, 6.07) is 23.2. The van der Waals surface area contributed by atoms with E-state index in [0.29, 0.717) is 0 Å². The number of anilines is 1. The summed E-state index contributed by atoms with van der Waals surface area (Å²) in [5.74, 6) is 0.315. The van der Waals surface area contributed by atoms with Crippen LogP contribution in [0.25, 0.3) is 23.1 Å². The van der Waals surface area contributed by atoms with Gasteiger partial charge in [-0.2, -0.15) is 5.10 Å². The van der Waals surface area contributed by atoms with E-state index in [0.717, 1.165) is 59.5 Å². The molecule has 38 heavy (non-hydrogen) atoms. The predicted octanol–water partition coefficient (Wildman–Crippen LogP) is 5.72. The number of nitrogens with zero attached hydrogens (tertiary/aromatic N) is 2. The normalized spacial score (nSPS) is 26.8. The number of para-hydroxylation sites is 1. The van der Waals surface area contributed by atoms with Crippen LogP contribution in [-0.2, 0) is 21.5 Å². The zero-order valence-corrected chi connectivity index (χ0v) is 21.8. The molecular weight excluding hydrogens is 472 g/mol. The number of aromatic nitrogens is 2. The highest BCUT2D eigenvalue weighted by Crippen LogP contribution is 2.64. The summed E-state index contributed by atoms with van der Waals surface area (Å²) in [4.78, 5) is 15.4. The summed E-state index contributed by atoms with van der Waals surface area (Å²) in [7, 11) is 0. The van der Waals surface area contributed by atoms with Gasteiger partial charge < -0.3 is 10.1 Å². The summed E-state index contributed by atoms with van der Waals surface area (Å²) < 4.78 is 5.88. The van der Waals surface area contributed by atoms with Gasteiger partial charge in [0.15, 0.2) is 0 Å². The molecule has 4 unspecified atom stereocenters. The van der Waals surface area contributed by atoms with Crippen molar-refractivity contribution in [2.24, 2.45) is 0 Å². The van der Waals surface area contributed by atoms with Crippen molar-refractivity contribution in [2.75, 3.05) is 18.4 Å². The molecule has 2 fully saturated rings. The first-order chi connectivity index (χ1) is 18.5. The van der Waals surface area contributed by atoms with Crippen molar-refractivity contribution in [3.63, 3.8) is 0 Å². The van der Waals surface area contributed by atoms with Crippen molar-refractivity contribution in [2.45, 2.75) is 50.4 Å². The van der Waals surface area contributed by atoms with E-state index in [1.807, 2.05) is 18.2 Å². The summed E-state index contributed by atoms with van der Waals surface area (Å²) in [5.41, 5.74) is 7.23. The highest BCUT2D eigenvalue weighted by molar-refractivity contribution is 6.09. The van der Waals surface area contributed by atoms with E-state index >= 15 is 0 Å². The second-order valence-corrected chi connectivity index (χ2v) is 11.2. The molecular formula is C32H32N4O2. The quantitative estimate of drug-likeness (QED) is 0.365. The Morgan fingerprint density at radius 1 is 1.03 bits per heavy atom. The van der Waals surface area contributed by atoms with E-state index in [9.17, 15) is 4.79 Å². The summed E-state index contributed by atoms with van der Waals surface area (Å²) >= 11 is 0. The molecule has 7 rings (SSSR count). The predicted molar refractivity (Wildman–Crippen MR) is 151 cm³/mol. The lowest BCUT2D eigenvalue weighted by Crippen LogP contribution is -2.44. The molecule has 2 aliphatic heterocycles. The van der Waals surface area contributed by atoms with E-state index in [-0.39, 0.29) is 24.0 Å². The van der Waals surface area contributed by atoms with E-state index in [1.54, 1.807) is 0 Å². The molecule has 4 atom stereocenters. The standard InChI is InChI=1S/C32H32N4O2/c1-20-17-36(18-21(2)38-20)19-23-7-5-6-22(14-23)10-13-28-25-12-11-24(15-30(25)35-34-28)27-16-32(27)26-8-3-4-9-29(26)33-31(32)37/h3-15,20-21,27H,16-19H2,1-2H3,(H,33,37)(H,34,35)/b13-10+. The lowest BCUT2D eigenvalue weighted by Gasteiger charge is -2.35. The van der Waals surface area contributed by atoms with Gasteiger partial charge in [0.2, 0.25) is 5.91 Å². The molecule has 1 saturated carbocycles. The number of carbonyl (C=O) groups is 1. The molecule has 1 saturated heterocycles. The lowest BCUT2D eigenvalue weighted by atomic mass is 9.92. The number of aromatic amines is 1. The van der Waals surface area contributed by atoms with Crippen LogP contribution in [0.15, 0.2) is 66.7 Å². The Morgan fingerprint density at radius 3 is 2.74 bits per heavy atom. The van der Waals surface area contributed by atoms with Crippen molar-refractivity contribution >= 4 is 34.6 Å². The maximum Gasteiger partial charge on any atom is 0.235 e. The molecule has 1 spiro atoms. The summed E-state index contributed by atoms with van der Waals surface area (Å²) in [6.07, 6.45) is 5.60. The van der Waals surface area contributed by atoms with Crippen LogP contribution in [-0.4, -0.2) is 46.3 Å². The van der Waals surface area contributed by atoms with Crippen LogP contribution in [0.2, 0.25) is 0 Å². The van der Waals surface area contributed by atoms with Gasteiger partial charge in [0.05, 0.1) is 28.8 Å². The molecule has 2 N–H and O–H groups in total. The van der Waals surface area contributed by atoms with E-state index in [2.05, 4.69) is 94.9 Å². The topological polar surface area (TPSA) is 70.2 Å². The summed E-state index contributed by atoms with van der Waals surface area (Å²) in [6.45, 7) is 7.15. The van der Waals surface area contributed by atoms with Crippen molar-refractivity contribution in [1.82, 2.24) is 15.1 Å². The van der Waals surface area contributed by atoms with Crippen LogP contribution in [0.1, 0.15) is 54.1 Å². The summed E-state index contributed by atoms with van der Waals surface area (Å²) in [5, 5.41) is 12.0. The van der Waals surface area contributed by atoms with Crippen molar-refractivity contribution in [3.05, 3.63) is 94.7 Å². The Hall–Kier alpha value is -3.74. The number of benzene rings is 3. The number of hydrogen-bond donors (Lipinski definition) is 2. The van der Waals surface area contributed by atoms with Gasteiger partial charge in [0.1, 0.15) is 0 Å². The van der Waals surface area contributed by atoms with E-state index in [4.69, 9.17) is 4.74 Å². The van der Waals surface area contributed by atoms with E-state index in [1.165, 1.54) is 11.1 Å². The van der Waals surface area contributed by atoms with Crippen molar-refractivity contribution < 1.29 is 9.53 Å². The molecule has 192 valence electrons. The number of ether oxygens (including phenoxy) is 1. The molecule has 1 aromatic heterocycles. The Balaban J connectivity index is 1.09. The fraction of sp³-hybridized carbons (Fsp3) is 0.312. The van der Waals surface area contributed by atoms with Crippen LogP contribution in [0.3, 0.4) is 0 Å². The van der Waals surface area contributed by atoms with Crippen molar-refractivity contribution in [1.29, 1.82) is 0 Å². The van der Waals surface area contributed by atoms with Crippen LogP contribution < -0.4 is 5.32 Å². The van der Waals surface area contributed by atoms with Crippen LogP contribution in [0.5, 0.6) is 0 Å². The molecule has 6 nitrogen and oxygen atoms in total. The molecule has 3 heterocycles. The van der Waals surface area contributed by atoms with Gasteiger partial charge >= 0.3 is 0 Å². The maximum atomic E-state index is 12.9. The van der Waals surface area contributed by atoms with Crippen LogP contribution in [0, 0.1) is 0 Å². The second-order valence-electron chi connectivity index (χ2n) is 11.2. The van der Waals surface area contributed by atoms with Gasteiger partial charge in [-0.15, -0.1) is 0 Å². The number of amides is 1. The van der Waals surface area contributed by atoms with E-state index < -0.39 is 5.41 Å². The molecule has 3 aromatic carbocycles. The lowest BCUT2D eigenvalue weighted by molar-refractivity contribution is -0.118. The third kappa shape index (κ3) is 3.96. The maximum absolute atomic E-state index is 12.9. The molecule has 3 aliphatic rings. The molecule has 1 aliphatic carbocycles. The highest BCUT2D eigenvalue weighted by Gasteiger charge is 2.65. The first kappa shape index (κ1) is 23.4. The Kier molecular flexibility index (Phi) is 5.49. The highest BCUT2D eigenvalue weighted by atomic mass is 16.5.